The molecule has 0 bridgehead atoms. The number of benzene rings is 1. The van der Waals surface area contributed by atoms with Gasteiger partial charge in [0, 0.05) is 67.5 Å². The molecule has 0 radical (unpaired) electrons. The Bertz CT molecular complexity index is 625. The molecule has 2 aliphatic heterocycles. The minimum absolute atomic E-state index is 0. The molecule has 0 spiro atoms. The topological polar surface area (TPSA) is 78.7 Å². The van der Waals surface area contributed by atoms with Gasteiger partial charge in [0.1, 0.15) is 0 Å². The van der Waals surface area contributed by atoms with Crippen molar-refractivity contribution >= 4 is 39.9 Å². The summed E-state index contributed by atoms with van der Waals surface area (Å²) < 4.78 is 0.549. The van der Waals surface area contributed by atoms with Crippen molar-refractivity contribution in [3.05, 3.63) is 38.3 Å². The number of hydrogen-bond donors (Lipinski definition) is 1. The van der Waals surface area contributed by atoms with E-state index in [0.717, 1.165) is 32.6 Å². The van der Waals surface area contributed by atoms with Crippen LogP contribution in [0.3, 0.4) is 0 Å². The molecule has 132 valence electrons. The SMILES string of the molecule is Cl.O=C(c1cc(Br)cc([N+](=O)[O-])c1)N1CCC(N2CCNCC2)C1. The maximum atomic E-state index is 12.7. The highest BCUT2D eigenvalue weighted by molar-refractivity contribution is 9.10. The number of nitrogens with one attached hydrogen (secondary N) is 1. The summed E-state index contributed by atoms with van der Waals surface area (Å²) in [6, 6.07) is 4.80. The van der Waals surface area contributed by atoms with Crippen LogP contribution >= 0.6 is 28.3 Å². The number of nitrogens with zero attached hydrogens (tertiary/aromatic N) is 3. The third kappa shape index (κ3) is 4.24. The van der Waals surface area contributed by atoms with Gasteiger partial charge in [-0.1, -0.05) is 15.9 Å². The average Bonchev–Trinajstić information content (AvgIpc) is 3.04. The maximum Gasteiger partial charge on any atom is 0.271 e. The van der Waals surface area contributed by atoms with E-state index in [1.54, 1.807) is 11.0 Å². The van der Waals surface area contributed by atoms with E-state index in [1.165, 1.54) is 12.1 Å². The summed E-state index contributed by atoms with van der Waals surface area (Å²) in [6.07, 6.45) is 0.960. The zero-order valence-electron chi connectivity index (χ0n) is 13.1. The van der Waals surface area contributed by atoms with Crippen molar-refractivity contribution in [1.82, 2.24) is 15.1 Å². The van der Waals surface area contributed by atoms with Crippen LogP contribution in [0.2, 0.25) is 0 Å². The van der Waals surface area contributed by atoms with Crippen LogP contribution in [-0.4, -0.2) is 65.9 Å². The molecule has 2 saturated heterocycles. The number of nitro groups is 1. The molecule has 3 rings (SSSR count). The molecule has 0 aliphatic carbocycles. The van der Waals surface area contributed by atoms with Crippen molar-refractivity contribution in [3.63, 3.8) is 0 Å². The number of likely N-dealkylation sites (tertiary alicyclic amines) is 1. The fourth-order valence-electron chi connectivity index (χ4n) is 3.26. The Morgan fingerprint density at radius 3 is 2.62 bits per heavy atom. The van der Waals surface area contributed by atoms with Crippen LogP contribution in [0, 0.1) is 10.1 Å². The molecule has 1 aromatic carbocycles. The molecular formula is C15H20BrClN4O3. The lowest BCUT2D eigenvalue weighted by Crippen LogP contribution is -2.49. The number of non-ortho nitro benzene ring substituents is 1. The Morgan fingerprint density at radius 2 is 1.96 bits per heavy atom. The van der Waals surface area contributed by atoms with E-state index in [0.29, 0.717) is 29.2 Å². The molecule has 1 N–H and O–H groups in total. The van der Waals surface area contributed by atoms with Gasteiger partial charge in [0.25, 0.3) is 11.6 Å². The first-order valence-corrected chi connectivity index (χ1v) is 8.53. The van der Waals surface area contributed by atoms with Crippen molar-refractivity contribution in [2.45, 2.75) is 12.5 Å². The normalized spacial score (nSPS) is 21.4. The lowest BCUT2D eigenvalue weighted by Gasteiger charge is -2.32. The molecule has 1 amide bonds. The van der Waals surface area contributed by atoms with Crippen LogP contribution in [-0.2, 0) is 0 Å². The Hall–Kier alpha value is -1.22. The highest BCUT2D eigenvalue weighted by Crippen LogP contribution is 2.24. The summed E-state index contributed by atoms with van der Waals surface area (Å²) in [4.78, 5) is 27.4. The number of amides is 1. The van der Waals surface area contributed by atoms with Crippen molar-refractivity contribution in [2.75, 3.05) is 39.3 Å². The van der Waals surface area contributed by atoms with Crippen LogP contribution in [0.1, 0.15) is 16.8 Å². The first-order chi connectivity index (χ1) is 11.0. The lowest BCUT2D eigenvalue weighted by atomic mass is 10.2. The largest absolute Gasteiger partial charge is 0.337 e. The second kappa shape index (κ2) is 8.24. The number of nitro benzene ring substituents is 1. The predicted octanol–water partition coefficient (Wildman–Crippen LogP) is 1.90. The van der Waals surface area contributed by atoms with E-state index in [1.807, 2.05) is 0 Å². The van der Waals surface area contributed by atoms with Crippen LogP contribution in [0.25, 0.3) is 0 Å². The molecule has 24 heavy (non-hydrogen) atoms. The van der Waals surface area contributed by atoms with E-state index in [-0.39, 0.29) is 24.0 Å². The maximum absolute atomic E-state index is 12.7. The summed E-state index contributed by atoms with van der Waals surface area (Å²) in [6.45, 7) is 5.39. The van der Waals surface area contributed by atoms with Crippen molar-refractivity contribution in [2.24, 2.45) is 0 Å². The minimum Gasteiger partial charge on any atom is -0.337 e. The summed E-state index contributed by atoms with van der Waals surface area (Å²) in [7, 11) is 0. The molecule has 1 unspecified atom stereocenters. The van der Waals surface area contributed by atoms with E-state index >= 15 is 0 Å². The Kier molecular flexibility index (Phi) is 6.56. The highest BCUT2D eigenvalue weighted by atomic mass is 79.9. The van der Waals surface area contributed by atoms with Crippen LogP contribution in [0.15, 0.2) is 22.7 Å². The smallest absolute Gasteiger partial charge is 0.271 e. The molecule has 1 atom stereocenters. The second-order valence-electron chi connectivity index (χ2n) is 5.93. The third-order valence-electron chi connectivity index (χ3n) is 4.46. The fourth-order valence-corrected chi connectivity index (χ4v) is 3.74. The van der Waals surface area contributed by atoms with Gasteiger partial charge < -0.3 is 10.2 Å². The monoisotopic (exact) mass is 418 g/mol. The van der Waals surface area contributed by atoms with Gasteiger partial charge >= 0.3 is 0 Å². The standard InChI is InChI=1S/C15H19BrN4O3.ClH/c16-12-7-11(8-14(9-12)20(22)23)15(21)19-4-1-13(10-19)18-5-2-17-3-6-18;/h7-9,13,17H,1-6,10H2;1H. The van der Waals surface area contributed by atoms with Gasteiger partial charge in [-0.05, 0) is 12.5 Å². The van der Waals surface area contributed by atoms with E-state index < -0.39 is 4.92 Å². The number of piperazine rings is 1. The first kappa shape index (κ1) is 19.1. The zero-order chi connectivity index (χ0) is 16.4. The van der Waals surface area contributed by atoms with Gasteiger partial charge in [-0.15, -0.1) is 12.4 Å². The van der Waals surface area contributed by atoms with E-state index in [9.17, 15) is 14.9 Å². The molecule has 9 heteroatoms. The van der Waals surface area contributed by atoms with Crippen molar-refractivity contribution in [1.29, 1.82) is 0 Å². The number of carbonyl (C=O) groups is 1. The lowest BCUT2D eigenvalue weighted by molar-refractivity contribution is -0.385. The van der Waals surface area contributed by atoms with Gasteiger partial charge in [-0.2, -0.15) is 0 Å². The molecule has 2 aliphatic rings. The molecule has 7 nitrogen and oxygen atoms in total. The van der Waals surface area contributed by atoms with Crippen LogP contribution in [0.5, 0.6) is 0 Å². The molecule has 1 aromatic rings. The third-order valence-corrected chi connectivity index (χ3v) is 4.92. The van der Waals surface area contributed by atoms with Crippen LogP contribution in [0.4, 0.5) is 5.69 Å². The van der Waals surface area contributed by atoms with Gasteiger partial charge in [0.05, 0.1) is 4.92 Å². The Balaban J connectivity index is 0.00000208. The summed E-state index contributed by atoms with van der Waals surface area (Å²) in [5.74, 6) is -0.132. The predicted molar refractivity (Wildman–Crippen MR) is 96.8 cm³/mol. The second-order valence-corrected chi connectivity index (χ2v) is 6.85. The number of hydrogen-bond acceptors (Lipinski definition) is 5. The quantitative estimate of drug-likeness (QED) is 0.598. The number of halogens is 2. The van der Waals surface area contributed by atoms with Gasteiger partial charge in [-0.3, -0.25) is 19.8 Å². The number of carbonyl (C=O) groups excluding carboxylic acids is 1. The molecule has 0 saturated carbocycles. The highest BCUT2D eigenvalue weighted by Gasteiger charge is 2.31. The average molecular weight is 420 g/mol. The number of rotatable bonds is 3. The molecular weight excluding hydrogens is 400 g/mol. The Labute approximate surface area is 155 Å². The van der Waals surface area contributed by atoms with E-state index in [4.69, 9.17) is 0 Å². The van der Waals surface area contributed by atoms with E-state index in [2.05, 4.69) is 26.1 Å². The summed E-state index contributed by atoms with van der Waals surface area (Å²) in [5.41, 5.74) is 0.299. The summed E-state index contributed by atoms with van der Waals surface area (Å²) >= 11 is 3.24. The summed E-state index contributed by atoms with van der Waals surface area (Å²) in [5, 5.41) is 14.3. The van der Waals surface area contributed by atoms with Gasteiger partial charge in [0.2, 0.25) is 0 Å². The zero-order valence-corrected chi connectivity index (χ0v) is 15.5. The Morgan fingerprint density at radius 1 is 1.25 bits per heavy atom. The molecule has 0 aromatic heterocycles. The van der Waals surface area contributed by atoms with Crippen molar-refractivity contribution < 1.29 is 9.72 Å². The van der Waals surface area contributed by atoms with Gasteiger partial charge in [0.15, 0.2) is 0 Å². The van der Waals surface area contributed by atoms with Gasteiger partial charge in [-0.25, -0.2) is 0 Å². The fraction of sp³-hybridized carbons (Fsp3) is 0.533. The minimum atomic E-state index is -0.477. The van der Waals surface area contributed by atoms with Crippen molar-refractivity contribution in [3.8, 4) is 0 Å². The first-order valence-electron chi connectivity index (χ1n) is 7.73. The molecule has 2 heterocycles. The molecule has 2 fully saturated rings. The van der Waals surface area contributed by atoms with Crippen LogP contribution < -0.4 is 5.32 Å².